The molecule has 15 heavy (non-hydrogen) atoms. The number of rotatable bonds is 2. The van der Waals surface area contributed by atoms with Gasteiger partial charge >= 0.3 is 0 Å². The number of nitrogens with zero attached hydrogens (tertiary/aromatic N) is 3. The first-order chi connectivity index (χ1) is 7.33. The highest BCUT2D eigenvalue weighted by Gasteiger charge is 2.21. The van der Waals surface area contributed by atoms with Crippen LogP contribution in [0.1, 0.15) is 62.8 Å². The van der Waals surface area contributed by atoms with Gasteiger partial charge in [-0.2, -0.15) is 0 Å². The molecule has 0 fully saturated rings. The normalized spacial score (nSPS) is 21.9. The standard InChI is InChI=1S/C12H21N3/c1-3-7-10-8-5-4-6-9-11-12(10)13-14-15(11)2/h10H,3-9H2,1-2H3. The molecule has 1 unspecified atom stereocenters. The Morgan fingerprint density at radius 2 is 2.20 bits per heavy atom. The molecule has 0 N–H and O–H groups in total. The summed E-state index contributed by atoms with van der Waals surface area (Å²) >= 11 is 0. The summed E-state index contributed by atoms with van der Waals surface area (Å²) in [6.07, 6.45) is 9.02. The Hall–Kier alpha value is -0.860. The van der Waals surface area contributed by atoms with Crippen LogP contribution in [0.15, 0.2) is 0 Å². The van der Waals surface area contributed by atoms with Crippen molar-refractivity contribution in [3.05, 3.63) is 11.4 Å². The van der Waals surface area contributed by atoms with Crippen LogP contribution in [0.4, 0.5) is 0 Å². The number of aryl methyl sites for hydroxylation is 1. The van der Waals surface area contributed by atoms with E-state index >= 15 is 0 Å². The largest absolute Gasteiger partial charge is 0.252 e. The van der Waals surface area contributed by atoms with Crippen LogP contribution in [0, 0.1) is 0 Å². The van der Waals surface area contributed by atoms with Gasteiger partial charge in [0, 0.05) is 13.0 Å². The van der Waals surface area contributed by atoms with Crippen molar-refractivity contribution in [2.45, 2.75) is 57.8 Å². The zero-order valence-corrected chi connectivity index (χ0v) is 9.87. The van der Waals surface area contributed by atoms with Gasteiger partial charge in [-0.3, -0.25) is 4.68 Å². The van der Waals surface area contributed by atoms with E-state index in [0.29, 0.717) is 5.92 Å². The molecule has 84 valence electrons. The van der Waals surface area contributed by atoms with Gasteiger partial charge in [-0.05, 0) is 25.7 Å². The lowest BCUT2D eigenvalue weighted by Gasteiger charge is -2.18. The summed E-state index contributed by atoms with van der Waals surface area (Å²) < 4.78 is 1.98. The lowest BCUT2D eigenvalue weighted by Crippen LogP contribution is -2.08. The molecule has 0 aliphatic heterocycles. The van der Waals surface area contributed by atoms with Gasteiger partial charge < -0.3 is 0 Å². The third-order valence-electron chi connectivity index (χ3n) is 3.46. The summed E-state index contributed by atoms with van der Waals surface area (Å²) in [5.41, 5.74) is 2.67. The minimum atomic E-state index is 0.666. The molecule has 1 heterocycles. The summed E-state index contributed by atoms with van der Waals surface area (Å²) in [5, 5.41) is 8.55. The Morgan fingerprint density at radius 3 is 3.00 bits per heavy atom. The van der Waals surface area contributed by atoms with Gasteiger partial charge in [0.05, 0.1) is 11.4 Å². The Bertz CT molecular complexity index is 317. The van der Waals surface area contributed by atoms with Gasteiger partial charge in [0.15, 0.2) is 0 Å². The Labute approximate surface area is 91.9 Å². The first kappa shape index (κ1) is 10.7. The lowest BCUT2D eigenvalue weighted by atomic mass is 9.88. The fourth-order valence-corrected chi connectivity index (χ4v) is 2.63. The zero-order valence-electron chi connectivity index (χ0n) is 9.87. The molecule has 1 aromatic rings. The van der Waals surface area contributed by atoms with Crippen molar-refractivity contribution < 1.29 is 0 Å². The van der Waals surface area contributed by atoms with Crippen LogP contribution >= 0.6 is 0 Å². The molecular formula is C12H21N3. The van der Waals surface area contributed by atoms with E-state index in [4.69, 9.17) is 0 Å². The third-order valence-corrected chi connectivity index (χ3v) is 3.46. The van der Waals surface area contributed by atoms with Gasteiger partial charge in [0.25, 0.3) is 0 Å². The van der Waals surface area contributed by atoms with Crippen molar-refractivity contribution >= 4 is 0 Å². The van der Waals surface area contributed by atoms with Gasteiger partial charge in [-0.15, -0.1) is 5.10 Å². The van der Waals surface area contributed by atoms with Crippen LogP contribution in [-0.2, 0) is 13.5 Å². The number of aromatic nitrogens is 3. The maximum absolute atomic E-state index is 4.37. The van der Waals surface area contributed by atoms with E-state index < -0.39 is 0 Å². The highest BCUT2D eigenvalue weighted by Crippen LogP contribution is 2.30. The SMILES string of the molecule is CCCC1CCCCCc2c1nnn2C. The van der Waals surface area contributed by atoms with Crippen LogP contribution in [0.3, 0.4) is 0 Å². The number of hydrogen-bond acceptors (Lipinski definition) is 2. The van der Waals surface area contributed by atoms with E-state index in [9.17, 15) is 0 Å². The van der Waals surface area contributed by atoms with Crippen molar-refractivity contribution in [2.24, 2.45) is 7.05 Å². The predicted molar refractivity (Wildman–Crippen MR) is 60.8 cm³/mol. The van der Waals surface area contributed by atoms with Crippen molar-refractivity contribution in [3.63, 3.8) is 0 Å². The van der Waals surface area contributed by atoms with Crippen molar-refractivity contribution in [1.82, 2.24) is 15.0 Å². The molecule has 0 bridgehead atoms. The van der Waals surface area contributed by atoms with Crippen molar-refractivity contribution in [2.75, 3.05) is 0 Å². The molecule has 1 aromatic heterocycles. The van der Waals surface area contributed by atoms with E-state index in [0.717, 1.165) is 0 Å². The molecule has 3 nitrogen and oxygen atoms in total. The lowest BCUT2D eigenvalue weighted by molar-refractivity contribution is 0.491. The van der Waals surface area contributed by atoms with Crippen molar-refractivity contribution in [1.29, 1.82) is 0 Å². The summed E-state index contributed by atoms with van der Waals surface area (Å²) in [7, 11) is 2.02. The highest BCUT2D eigenvalue weighted by molar-refractivity contribution is 5.16. The highest BCUT2D eigenvalue weighted by atomic mass is 15.4. The quantitative estimate of drug-likeness (QED) is 0.746. The van der Waals surface area contributed by atoms with Crippen LogP contribution < -0.4 is 0 Å². The van der Waals surface area contributed by atoms with Gasteiger partial charge in [0.2, 0.25) is 0 Å². The molecule has 0 amide bonds. The molecule has 0 saturated carbocycles. The summed E-state index contributed by atoms with van der Waals surface area (Å²) in [6.45, 7) is 2.26. The molecule has 0 saturated heterocycles. The second kappa shape index (κ2) is 4.77. The van der Waals surface area contributed by atoms with Crippen LogP contribution in [-0.4, -0.2) is 15.0 Å². The number of hydrogen-bond donors (Lipinski definition) is 0. The van der Waals surface area contributed by atoms with Crippen LogP contribution in [0.25, 0.3) is 0 Å². The van der Waals surface area contributed by atoms with E-state index in [-0.39, 0.29) is 0 Å². The average molecular weight is 207 g/mol. The maximum Gasteiger partial charge on any atom is 0.0889 e. The first-order valence-corrected chi connectivity index (χ1v) is 6.21. The third kappa shape index (κ3) is 2.21. The minimum absolute atomic E-state index is 0.666. The number of fused-ring (bicyclic) bond motifs is 1. The Morgan fingerprint density at radius 1 is 1.33 bits per heavy atom. The average Bonchev–Trinajstić information content (AvgIpc) is 2.54. The molecule has 0 spiro atoms. The molecule has 1 aliphatic rings. The second-order valence-electron chi connectivity index (χ2n) is 4.63. The van der Waals surface area contributed by atoms with Crippen LogP contribution in [0.5, 0.6) is 0 Å². The zero-order chi connectivity index (χ0) is 10.7. The Balaban J connectivity index is 2.26. The van der Waals surface area contributed by atoms with E-state index in [1.807, 2.05) is 11.7 Å². The molecule has 2 rings (SSSR count). The monoisotopic (exact) mass is 207 g/mol. The maximum atomic E-state index is 4.37. The minimum Gasteiger partial charge on any atom is -0.252 e. The Kier molecular flexibility index (Phi) is 3.39. The van der Waals surface area contributed by atoms with E-state index in [1.165, 1.54) is 56.3 Å². The molecule has 1 aliphatic carbocycles. The smallest absolute Gasteiger partial charge is 0.0889 e. The first-order valence-electron chi connectivity index (χ1n) is 6.21. The predicted octanol–water partition coefficient (Wildman–Crippen LogP) is 2.82. The van der Waals surface area contributed by atoms with E-state index in [2.05, 4.69) is 17.2 Å². The fraction of sp³-hybridized carbons (Fsp3) is 0.833. The summed E-state index contributed by atoms with van der Waals surface area (Å²) in [6, 6.07) is 0. The molecule has 0 aromatic carbocycles. The molecule has 1 atom stereocenters. The molecular weight excluding hydrogens is 186 g/mol. The van der Waals surface area contributed by atoms with Crippen LogP contribution in [0.2, 0.25) is 0 Å². The summed E-state index contributed by atoms with van der Waals surface area (Å²) in [5.74, 6) is 0.666. The van der Waals surface area contributed by atoms with E-state index in [1.54, 1.807) is 0 Å². The van der Waals surface area contributed by atoms with Crippen molar-refractivity contribution in [3.8, 4) is 0 Å². The molecule has 3 heteroatoms. The fourth-order valence-electron chi connectivity index (χ4n) is 2.63. The van der Waals surface area contributed by atoms with Gasteiger partial charge in [-0.25, -0.2) is 0 Å². The van der Waals surface area contributed by atoms with Gasteiger partial charge in [-0.1, -0.05) is 31.4 Å². The van der Waals surface area contributed by atoms with Gasteiger partial charge in [0.1, 0.15) is 0 Å². The molecule has 0 radical (unpaired) electrons. The second-order valence-corrected chi connectivity index (χ2v) is 4.63. The summed E-state index contributed by atoms with van der Waals surface area (Å²) in [4.78, 5) is 0. The topological polar surface area (TPSA) is 30.7 Å².